The van der Waals surface area contributed by atoms with Gasteiger partial charge in [0.05, 0.1) is 65.0 Å². The van der Waals surface area contributed by atoms with Gasteiger partial charge in [-0.15, -0.1) is 0 Å². The smallest absolute Gasteiger partial charge is 0.364 e. The Hall–Kier alpha value is -2.99. The number of aliphatic hydroxyl groups excluding tert-OH is 23. The number of carbonyl (C=O) groups is 3. The molecule has 0 radical (unpaired) electrons. The summed E-state index contributed by atoms with van der Waals surface area (Å²) in [6.07, 6.45) is -69.5. The van der Waals surface area contributed by atoms with E-state index >= 15 is 0 Å². The van der Waals surface area contributed by atoms with Crippen molar-refractivity contribution < 1.29 is 194 Å². The van der Waals surface area contributed by atoms with Crippen LogP contribution in [0.15, 0.2) is 0 Å². The van der Waals surface area contributed by atoms with Crippen LogP contribution in [0.3, 0.4) is 0 Å². The molecule has 0 bridgehead atoms. The topological polar surface area (TPSA) is 672 Å². The molecule has 6 rings (SSSR count). The van der Waals surface area contributed by atoms with Gasteiger partial charge in [-0.05, 0) is 0 Å². The monoisotopic (exact) mass is 1320 g/mol. The van der Waals surface area contributed by atoms with Crippen LogP contribution in [0.25, 0.3) is 0 Å². The molecule has 0 aromatic carbocycles. The number of ether oxygens (including phenoxy) is 12. The maximum Gasteiger partial charge on any atom is 0.364 e. The standard InChI is InChI=1S/C49H84N2O39/c1-12(59)50-23-14(61)3-49(48(77)78,89-39(23)26(66)16(63)5-53)90-42-29(69)20(9-57)82-47(36(42)76)86-38-21(10-58)83-43(24(31(38)71)51-13(2)60)79-11-22-30(70)41(35(75)46(84-22)85-37(17(64)6-54)25(65)15(62)4-52)88-45-34(74)40(28(68)19(8-56)81-45)87-44-33(73)32(72)27(67)18(7-55)80-44/h14-47,52-58,61-76H,3-11H2,1-2H3,(H,50,59)(H,51,60)(H,77,78)/t14-,15-,16+,17+,18+,19+,20+,21+,22+,23+,24+,25+,26+,27-,28-,29-,30-,31+,32-,33+,34+,35+,36+,37+,38+,39+,40-,41-,42-,43+,44-,45-,46-,47-,49-/m0/s1. The molecule has 26 N–H and O–H groups in total. The van der Waals surface area contributed by atoms with Crippen LogP contribution in [0, 0.1) is 0 Å². The number of carboxylic acids is 1. The fraction of sp³-hybridized carbons (Fsp3) is 0.939. The Morgan fingerprint density at radius 2 is 0.911 bits per heavy atom. The summed E-state index contributed by atoms with van der Waals surface area (Å²) >= 11 is 0. The lowest BCUT2D eigenvalue weighted by Gasteiger charge is -2.51. The highest BCUT2D eigenvalue weighted by atomic mass is 16.8. The molecule has 0 spiro atoms. The number of aliphatic hydroxyl groups is 23. The molecule has 6 aliphatic rings. The lowest BCUT2D eigenvalue weighted by atomic mass is 9.88. The van der Waals surface area contributed by atoms with E-state index in [1.165, 1.54) is 0 Å². The fourth-order valence-electron chi connectivity index (χ4n) is 11.0. The van der Waals surface area contributed by atoms with Crippen molar-refractivity contribution >= 4 is 17.8 Å². The van der Waals surface area contributed by atoms with Crippen molar-refractivity contribution in [2.45, 2.75) is 234 Å². The molecule has 90 heavy (non-hydrogen) atoms. The zero-order chi connectivity index (χ0) is 67.1. The molecule has 0 aliphatic carbocycles. The second kappa shape index (κ2) is 33.1. The lowest BCUT2D eigenvalue weighted by Crippen LogP contribution is -2.71. The van der Waals surface area contributed by atoms with E-state index in [1.54, 1.807) is 0 Å². The number of aliphatic carboxylic acids is 1. The summed E-state index contributed by atoms with van der Waals surface area (Å²) in [4.78, 5) is 37.9. The van der Waals surface area contributed by atoms with Gasteiger partial charge < -0.3 is 190 Å². The Labute approximate surface area is 508 Å². The third-order valence-corrected chi connectivity index (χ3v) is 15.9. The number of nitrogens with one attached hydrogen (secondary N) is 2. The Bertz CT molecular complexity index is 2240. The molecule has 35 atom stereocenters. The van der Waals surface area contributed by atoms with Crippen molar-refractivity contribution in [2.24, 2.45) is 0 Å². The van der Waals surface area contributed by atoms with Gasteiger partial charge in [0.25, 0.3) is 5.79 Å². The first-order valence-corrected chi connectivity index (χ1v) is 28.2. The van der Waals surface area contributed by atoms with Gasteiger partial charge in [-0.1, -0.05) is 0 Å². The van der Waals surface area contributed by atoms with Gasteiger partial charge in [0.15, 0.2) is 31.5 Å². The molecule has 6 heterocycles. The minimum absolute atomic E-state index is 0.848. The normalized spacial score (nSPS) is 44.8. The van der Waals surface area contributed by atoms with Crippen LogP contribution >= 0.6 is 0 Å². The molecule has 0 unspecified atom stereocenters. The van der Waals surface area contributed by atoms with E-state index in [1.807, 2.05) is 0 Å². The average molecular weight is 1330 g/mol. The van der Waals surface area contributed by atoms with Crippen LogP contribution in [0.5, 0.6) is 0 Å². The molecule has 0 saturated carbocycles. The van der Waals surface area contributed by atoms with E-state index in [0.717, 1.165) is 13.8 Å². The third kappa shape index (κ3) is 16.8. The van der Waals surface area contributed by atoms with Crippen LogP contribution in [-0.2, 0) is 71.2 Å². The van der Waals surface area contributed by atoms with E-state index in [4.69, 9.17) is 56.8 Å². The van der Waals surface area contributed by atoms with Crippen LogP contribution in [0.2, 0.25) is 0 Å². The minimum atomic E-state index is -3.24. The first-order valence-electron chi connectivity index (χ1n) is 28.2. The predicted molar refractivity (Wildman–Crippen MR) is 274 cm³/mol. The first-order chi connectivity index (χ1) is 42.4. The van der Waals surface area contributed by atoms with E-state index in [2.05, 4.69) is 10.6 Å². The molecule has 6 aliphatic heterocycles. The Morgan fingerprint density at radius 3 is 1.41 bits per heavy atom. The SMILES string of the molecule is CC(=O)N[C@H]1[C@H](OC[C@H]2O[C@@H](O[C@@H]([C@H](O)[C@@H](O)CO)[C@H](O)CO)[C@H](O)[C@@H](O[C@@H]3O[C@H](CO)[C@H](O)[C@H](O[C@@H]4O[C@H](CO)[C@H](O)[C@H](O)[C@H]4O)[C@H]3O)[C@H]2O)O[C@H](CO)[C@@H](O[C@@H]2O[C@H](CO)[C@H](O)[C@H](O[C@]3(C(=O)O)C[C@H](O)[C@@H](NC(C)=O)[C@H]([C@H](O)[C@H](O)CO)O3)[C@H]2O)[C@@H]1O. The lowest BCUT2D eigenvalue weighted by molar-refractivity contribution is -0.389. The Balaban J connectivity index is 1.27. The first kappa shape index (κ1) is 76.0. The molecule has 524 valence electrons. The van der Waals surface area contributed by atoms with Gasteiger partial charge in [-0.25, -0.2) is 4.79 Å². The molecule has 41 nitrogen and oxygen atoms in total. The van der Waals surface area contributed by atoms with Crippen molar-refractivity contribution in [2.75, 3.05) is 52.9 Å². The maximum atomic E-state index is 13.1. The molecule has 0 aromatic rings. The van der Waals surface area contributed by atoms with Gasteiger partial charge in [-0.2, -0.15) is 0 Å². The molecule has 6 saturated heterocycles. The number of amides is 2. The Kier molecular flexibility index (Phi) is 28.0. The second-order valence-electron chi connectivity index (χ2n) is 22.3. The second-order valence-corrected chi connectivity index (χ2v) is 22.3. The van der Waals surface area contributed by atoms with E-state index < -0.39 is 291 Å². The number of hydrogen-bond acceptors (Lipinski definition) is 38. The summed E-state index contributed by atoms with van der Waals surface area (Å²) < 4.78 is 68.4. The van der Waals surface area contributed by atoms with E-state index in [0.29, 0.717) is 0 Å². The van der Waals surface area contributed by atoms with Crippen molar-refractivity contribution in [3.8, 4) is 0 Å². The van der Waals surface area contributed by atoms with Crippen molar-refractivity contribution in [1.29, 1.82) is 0 Å². The van der Waals surface area contributed by atoms with Crippen molar-refractivity contribution in [3.05, 3.63) is 0 Å². The van der Waals surface area contributed by atoms with Gasteiger partial charge >= 0.3 is 5.97 Å². The number of hydrogen-bond donors (Lipinski definition) is 26. The minimum Gasteiger partial charge on any atom is -0.477 e. The number of rotatable bonds is 28. The molecule has 6 fully saturated rings. The van der Waals surface area contributed by atoms with Crippen LogP contribution in [-0.4, -0.2) is 407 Å². The van der Waals surface area contributed by atoms with Gasteiger partial charge in [0, 0.05) is 20.3 Å². The summed E-state index contributed by atoms with van der Waals surface area (Å²) in [7, 11) is 0. The van der Waals surface area contributed by atoms with Crippen molar-refractivity contribution in [3.63, 3.8) is 0 Å². The molecule has 2 amide bonds. The highest BCUT2D eigenvalue weighted by Crippen LogP contribution is 2.40. The zero-order valence-electron chi connectivity index (χ0n) is 47.9. The highest BCUT2D eigenvalue weighted by Gasteiger charge is 2.61. The number of carboxylic acid groups (broad SMARTS) is 1. The summed E-state index contributed by atoms with van der Waals surface area (Å²) in [5.74, 6) is -7.14. The molecular formula is C49H84N2O39. The van der Waals surface area contributed by atoms with E-state index in [-0.39, 0.29) is 0 Å². The number of carbonyl (C=O) groups excluding carboxylic acids is 2. The fourth-order valence-corrected chi connectivity index (χ4v) is 11.0. The summed E-state index contributed by atoms with van der Waals surface area (Å²) in [5.41, 5.74) is 0. The summed E-state index contributed by atoms with van der Waals surface area (Å²) in [5, 5.41) is 262. The van der Waals surface area contributed by atoms with Gasteiger partial charge in [-0.3, -0.25) is 9.59 Å². The predicted octanol–water partition coefficient (Wildman–Crippen LogP) is -17.1. The summed E-state index contributed by atoms with van der Waals surface area (Å²) in [6.45, 7) is -7.16. The quantitative estimate of drug-likeness (QED) is 0.0346. The molecule has 41 heteroatoms. The van der Waals surface area contributed by atoms with Gasteiger partial charge in [0.1, 0.15) is 165 Å². The van der Waals surface area contributed by atoms with Crippen molar-refractivity contribution in [1.82, 2.24) is 10.6 Å². The summed E-state index contributed by atoms with van der Waals surface area (Å²) in [6, 6.07) is -3.59. The average Bonchev–Trinajstić information content (AvgIpc) is 0.776. The largest absolute Gasteiger partial charge is 0.477 e. The maximum absolute atomic E-state index is 13.1. The third-order valence-electron chi connectivity index (χ3n) is 15.9. The molecule has 0 aromatic heterocycles. The van der Waals surface area contributed by atoms with E-state index in [9.17, 15) is 137 Å². The van der Waals surface area contributed by atoms with Crippen LogP contribution in [0.4, 0.5) is 0 Å². The Morgan fingerprint density at radius 1 is 0.478 bits per heavy atom. The zero-order valence-corrected chi connectivity index (χ0v) is 47.9. The van der Waals surface area contributed by atoms with Crippen LogP contribution in [0.1, 0.15) is 20.3 Å². The molecular weight excluding hydrogens is 1240 g/mol. The van der Waals surface area contributed by atoms with Crippen LogP contribution < -0.4 is 10.6 Å². The van der Waals surface area contributed by atoms with Gasteiger partial charge in [0.2, 0.25) is 11.8 Å². The highest BCUT2D eigenvalue weighted by molar-refractivity contribution is 5.76.